The number of ether oxygens (including phenoxy) is 1. The second-order valence-electron chi connectivity index (χ2n) is 13.4. The molecule has 2 aromatic carbocycles. The first-order chi connectivity index (χ1) is 15.3. The van der Waals surface area contributed by atoms with Gasteiger partial charge in [0.1, 0.15) is 5.75 Å². The van der Waals surface area contributed by atoms with Crippen LogP contribution >= 0.6 is 19.9 Å². The molecular formula is C31H45ClOS. The average Bonchev–Trinajstić information content (AvgIpc) is 2.99. The molecule has 1 aliphatic carbocycles. The second kappa shape index (κ2) is 8.63. The molecule has 0 radical (unpaired) electrons. The fraction of sp³-hybridized carbons (Fsp3) is 0.548. The number of benzene rings is 2. The Morgan fingerprint density at radius 3 is 1.68 bits per heavy atom. The van der Waals surface area contributed by atoms with Crippen molar-refractivity contribution in [2.45, 2.75) is 90.7 Å². The first-order valence-corrected chi connectivity index (χ1v) is 15.6. The molecule has 0 bridgehead atoms. The summed E-state index contributed by atoms with van der Waals surface area (Å²) in [6.45, 7) is 22.8. The van der Waals surface area contributed by atoms with Gasteiger partial charge in [0.2, 0.25) is 0 Å². The smallest absolute Gasteiger partial charge is 0.131 e. The normalized spacial score (nSPS) is 17.5. The lowest BCUT2D eigenvalue weighted by molar-refractivity contribution is 0.399. The van der Waals surface area contributed by atoms with E-state index in [2.05, 4.69) is 112 Å². The molecule has 0 amide bonds. The Morgan fingerprint density at radius 2 is 1.29 bits per heavy atom. The van der Waals surface area contributed by atoms with Crippen molar-refractivity contribution in [3.63, 3.8) is 0 Å². The van der Waals surface area contributed by atoms with E-state index in [-0.39, 0.29) is 21.5 Å². The molecule has 0 saturated heterocycles. The van der Waals surface area contributed by atoms with E-state index in [1.807, 2.05) is 7.11 Å². The zero-order chi connectivity index (χ0) is 26.0. The van der Waals surface area contributed by atoms with Gasteiger partial charge in [-0.3, -0.25) is 0 Å². The van der Waals surface area contributed by atoms with Gasteiger partial charge in [0.05, 0.1) is 7.11 Å². The molecule has 3 heteroatoms. The number of halogens is 1. The fourth-order valence-electron chi connectivity index (χ4n) is 5.06. The average molecular weight is 501 g/mol. The van der Waals surface area contributed by atoms with Gasteiger partial charge in [-0.2, -0.15) is 9.24 Å². The van der Waals surface area contributed by atoms with Gasteiger partial charge in [-0.05, 0) is 69.6 Å². The third kappa shape index (κ3) is 5.09. The van der Waals surface area contributed by atoms with Crippen molar-refractivity contribution in [3.8, 4) is 16.9 Å². The molecule has 3 rings (SSSR count). The molecule has 2 aromatic rings. The maximum Gasteiger partial charge on any atom is 0.131 e. The van der Waals surface area contributed by atoms with Crippen LogP contribution in [0.1, 0.15) is 102 Å². The van der Waals surface area contributed by atoms with Gasteiger partial charge < -0.3 is 4.74 Å². The lowest BCUT2D eigenvalue weighted by Gasteiger charge is -2.34. The number of rotatable bonds is 3. The molecule has 0 N–H and O–H groups in total. The lowest BCUT2D eigenvalue weighted by atomic mass is 9.77. The Bertz CT molecular complexity index is 1100. The highest BCUT2D eigenvalue weighted by molar-refractivity contribution is 8.50. The molecule has 0 fully saturated rings. The van der Waals surface area contributed by atoms with Crippen molar-refractivity contribution in [1.29, 1.82) is 0 Å². The summed E-state index contributed by atoms with van der Waals surface area (Å²) in [7, 11) is 7.55. The quantitative estimate of drug-likeness (QED) is 0.407. The third-order valence-electron chi connectivity index (χ3n) is 6.95. The number of fused-ring (bicyclic) bond motifs is 1. The topological polar surface area (TPSA) is 9.23 Å². The SMILES string of the molecule is COc1c(C(C)(C)C)cc2c(c1-c1cc(C(C)(C)C)cc(C(C)(C)C)c1)C=C(C)C2S(C)(C)Cl. The third-order valence-corrected chi connectivity index (χ3v) is 9.23. The summed E-state index contributed by atoms with van der Waals surface area (Å²) in [5, 5.41) is 0.253. The van der Waals surface area contributed by atoms with Crippen LogP contribution in [0.15, 0.2) is 29.8 Å². The highest BCUT2D eigenvalue weighted by atomic mass is 35.7. The zero-order valence-electron chi connectivity index (χ0n) is 23.7. The van der Waals surface area contributed by atoms with Crippen molar-refractivity contribution in [2.24, 2.45) is 0 Å². The van der Waals surface area contributed by atoms with Crippen LogP contribution in [0.5, 0.6) is 5.75 Å². The van der Waals surface area contributed by atoms with Gasteiger partial charge in [0.15, 0.2) is 0 Å². The Hall–Kier alpha value is -1.38. The standard InChI is InChI=1S/C31H45ClOS/c1-19-14-23-24(28(19)34(12,13)32)18-25(31(8,9)10)27(33-11)26(23)20-15-21(29(2,3)4)17-22(16-20)30(5,6)7/h14-18,28H,1-13H3. The lowest BCUT2D eigenvalue weighted by Crippen LogP contribution is -2.18. The predicted molar refractivity (Wildman–Crippen MR) is 156 cm³/mol. The van der Waals surface area contributed by atoms with E-state index in [9.17, 15) is 0 Å². The van der Waals surface area contributed by atoms with Crippen LogP contribution in [-0.2, 0) is 16.2 Å². The summed E-state index contributed by atoms with van der Waals surface area (Å²) in [5.74, 6) is 0.990. The minimum absolute atomic E-state index is 0.0463. The molecule has 34 heavy (non-hydrogen) atoms. The van der Waals surface area contributed by atoms with Gasteiger partial charge in [-0.1, -0.05) is 103 Å². The summed E-state index contributed by atoms with van der Waals surface area (Å²) >= 11 is 0. The monoisotopic (exact) mass is 500 g/mol. The van der Waals surface area contributed by atoms with Crippen LogP contribution in [0, 0.1) is 0 Å². The maximum atomic E-state index is 7.08. The molecule has 1 aliphatic rings. The molecule has 1 unspecified atom stereocenters. The molecular weight excluding hydrogens is 456 g/mol. The summed E-state index contributed by atoms with van der Waals surface area (Å²) in [6.07, 6.45) is 6.79. The van der Waals surface area contributed by atoms with E-state index in [4.69, 9.17) is 15.4 Å². The highest BCUT2D eigenvalue weighted by Crippen LogP contribution is 2.66. The van der Waals surface area contributed by atoms with E-state index in [0.29, 0.717) is 0 Å². The van der Waals surface area contributed by atoms with Crippen LogP contribution < -0.4 is 4.74 Å². The first-order valence-electron chi connectivity index (χ1n) is 12.3. The number of hydrogen-bond acceptors (Lipinski definition) is 1. The first kappa shape index (κ1) is 27.2. The molecule has 0 heterocycles. The summed E-state index contributed by atoms with van der Waals surface area (Å²) in [5.41, 5.74) is 10.4. The van der Waals surface area contributed by atoms with Gasteiger partial charge in [-0.25, -0.2) is 0 Å². The van der Waals surface area contributed by atoms with Crippen LogP contribution in [0.3, 0.4) is 0 Å². The van der Waals surface area contributed by atoms with Gasteiger partial charge in [0.25, 0.3) is 0 Å². The van der Waals surface area contributed by atoms with E-state index in [1.54, 1.807) is 0 Å². The van der Waals surface area contributed by atoms with Crippen LogP contribution in [-0.4, -0.2) is 19.6 Å². The number of methoxy groups -OCH3 is 1. The molecule has 0 saturated carbocycles. The van der Waals surface area contributed by atoms with Crippen molar-refractivity contribution in [3.05, 3.63) is 57.7 Å². The van der Waals surface area contributed by atoms with Crippen molar-refractivity contribution >= 4 is 26.0 Å². The van der Waals surface area contributed by atoms with Crippen molar-refractivity contribution < 1.29 is 4.74 Å². The van der Waals surface area contributed by atoms with E-state index in [1.165, 1.54) is 44.5 Å². The van der Waals surface area contributed by atoms with Gasteiger partial charge in [0, 0.05) is 16.4 Å². The van der Waals surface area contributed by atoms with Gasteiger partial charge >= 0.3 is 0 Å². The van der Waals surface area contributed by atoms with Crippen LogP contribution in [0.4, 0.5) is 0 Å². The van der Waals surface area contributed by atoms with Crippen LogP contribution in [0.2, 0.25) is 0 Å². The zero-order valence-corrected chi connectivity index (χ0v) is 25.2. The van der Waals surface area contributed by atoms with E-state index >= 15 is 0 Å². The van der Waals surface area contributed by atoms with Crippen LogP contribution in [0.25, 0.3) is 17.2 Å². The number of hydrogen-bond donors (Lipinski definition) is 0. The summed E-state index contributed by atoms with van der Waals surface area (Å²) in [4.78, 5) is 0. The molecule has 0 aromatic heterocycles. The van der Waals surface area contributed by atoms with Crippen molar-refractivity contribution in [1.82, 2.24) is 0 Å². The summed E-state index contributed by atoms with van der Waals surface area (Å²) in [6, 6.07) is 9.54. The Labute approximate surface area is 215 Å². The maximum absolute atomic E-state index is 7.08. The Morgan fingerprint density at radius 1 is 0.794 bits per heavy atom. The molecule has 0 aliphatic heterocycles. The van der Waals surface area contributed by atoms with Gasteiger partial charge in [-0.15, -0.1) is 0 Å². The largest absolute Gasteiger partial charge is 0.496 e. The Balaban J connectivity index is 2.52. The Kier molecular flexibility index (Phi) is 6.90. The van der Waals surface area contributed by atoms with Crippen molar-refractivity contribution in [2.75, 3.05) is 19.6 Å². The molecule has 188 valence electrons. The van der Waals surface area contributed by atoms with E-state index < -0.39 is 9.24 Å². The minimum atomic E-state index is -1.35. The molecule has 1 atom stereocenters. The van der Waals surface area contributed by atoms with E-state index in [0.717, 1.165) is 5.75 Å². The highest BCUT2D eigenvalue weighted by Gasteiger charge is 2.37. The molecule has 1 nitrogen and oxygen atoms in total. The predicted octanol–water partition coefficient (Wildman–Crippen LogP) is 9.93. The molecule has 0 spiro atoms. The minimum Gasteiger partial charge on any atom is -0.496 e. The second-order valence-corrected chi connectivity index (χ2v) is 18.8. The fourth-order valence-corrected chi connectivity index (χ4v) is 7.52. The summed E-state index contributed by atoms with van der Waals surface area (Å²) < 4.78 is 6.23.